The van der Waals surface area contributed by atoms with E-state index in [-0.39, 0.29) is 5.56 Å². The summed E-state index contributed by atoms with van der Waals surface area (Å²) in [4.78, 5) is 20.4. The van der Waals surface area contributed by atoms with Gasteiger partial charge in [0.2, 0.25) is 0 Å². The van der Waals surface area contributed by atoms with E-state index in [9.17, 15) is 4.79 Å². The number of ether oxygens (including phenoxy) is 3. The average Bonchev–Trinajstić information content (AvgIpc) is 2.82. The third-order valence-corrected chi connectivity index (χ3v) is 5.39. The van der Waals surface area contributed by atoms with Crippen molar-refractivity contribution in [2.75, 3.05) is 32.7 Å². The fourth-order valence-corrected chi connectivity index (χ4v) is 3.85. The number of hydrogen-bond donors (Lipinski definition) is 2. The van der Waals surface area contributed by atoms with E-state index in [0.29, 0.717) is 41.4 Å². The molecule has 170 valence electrons. The minimum Gasteiger partial charge on any atom is -0.497 e. The molecule has 0 saturated carbocycles. The van der Waals surface area contributed by atoms with Crippen molar-refractivity contribution in [3.8, 4) is 28.6 Å². The Morgan fingerprint density at radius 3 is 2.36 bits per heavy atom. The molecular weight excluding hydrogens is 418 g/mol. The zero-order valence-corrected chi connectivity index (χ0v) is 19.2. The highest BCUT2D eigenvalue weighted by atomic mass is 16.5. The van der Waals surface area contributed by atoms with E-state index in [0.717, 1.165) is 28.1 Å². The molecule has 0 bridgehead atoms. The predicted octanol–water partition coefficient (Wildman–Crippen LogP) is 4.72. The van der Waals surface area contributed by atoms with Crippen LogP contribution in [0.3, 0.4) is 0 Å². The highest BCUT2D eigenvalue weighted by molar-refractivity contribution is 5.87. The number of fused-ring (bicyclic) bond motifs is 1. The Morgan fingerprint density at radius 1 is 0.970 bits per heavy atom. The maximum absolute atomic E-state index is 12.8. The molecule has 1 aromatic heterocycles. The molecule has 0 amide bonds. The molecule has 0 spiro atoms. The van der Waals surface area contributed by atoms with Gasteiger partial charge in [0.1, 0.15) is 35.1 Å². The zero-order chi connectivity index (χ0) is 23.4. The summed E-state index contributed by atoms with van der Waals surface area (Å²) in [5.41, 5.74) is 4.04. The van der Waals surface area contributed by atoms with Crippen molar-refractivity contribution < 1.29 is 14.2 Å². The molecule has 0 radical (unpaired) electrons. The second-order valence-corrected chi connectivity index (χ2v) is 7.72. The van der Waals surface area contributed by atoms with Gasteiger partial charge in [0.05, 0.1) is 19.7 Å². The van der Waals surface area contributed by atoms with Crippen LogP contribution in [0.1, 0.15) is 11.1 Å². The third-order valence-electron chi connectivity index (χ3n) is 5.39. The summed E-state index contributed by atoms with van der Waals surface area (Å²) in [5.74, 6) is 2.31. The molecule has 4 aromatic rings. The van der Waals surface area contributed by atoms with E-state index >= 15 is 0 Å². The standard InChI is InChI=1S/C26H27N3O4/c1-16-12-18(13-17(2)24(16)33-11-10-27-19-8-6-5-7-9-19)25-28-21-14-20(31-3)15-22(32-4)23(21)26(30)29-25/h5-9,12-15,27H,10-11H2,1-4H3,(H,28,29,30). The molecule has 0 aliphatic heterocycles. The number of aromatic amines is 1. The lowest BCUT2D eigenvalue weighted by molar-refractivity contribution is 0.328. The SMILES string of the molecule is COc1cc(OC)c2c(=O)[nH]c(-c3cc(C)c(OCCNc4ccccc4)c(C)c3)nc2c1. The van der Waals surface area contributed by atoms with Gasteiger partial charge in [-0.15, -0.1) is 0 Å². The lowest BCUT2D eigenvalue weighted by Crippen LogP contribution is -2.13. The van der Waals surface area contributed by atoms with Crippen LogP contribution in [0.4, 0.5) is 5.69 Å². The van der Waals surface area contributed by atoms with E-state index in [1.807, 2.05) is 56.3 Å². The highest BCUT2D eigenvalue weighted by Gasteiger charge is 2.15. The Hall–Kier alpha value is -4.00. The van der Waals surface area contributed by atoms with Gasteiger partial charge in [0, 0.05) is 29.9 Å². The fourth-order valence-electron chi connectivity index (χ4n) is 3.85. The maximum Gasteiger partial charge on any atom is 0.262 e. The number of nitrogens with zero attached hydrogens (tertiary/aromatic N) is 1. The van der Waals surface area contributed by atoms with Crippen LogP contribution >= 0.6 is 0 Å². The second-order valence-electron chi connectivity index (χ2n) is 7.72. The lowest BCUT2D eigenvalue weighted by Gasteiger charge is -2.15. The van der Waals surface area contributed by atoms with Gasteiger partial charge in [-0.1, -0.05) is 18.2 Å². The Kier molecular flexibility index (Phi) is 6.49. The first-order valence-corrected chi connectivity index (χ1v) is 10.7. The van der Waals surface area contributed by atoms with Gasteiger partial charge in [0.25, 0.3) is 5.56 Å². The predicted molar refractivity (Wildman–Crippen MR) is 131 cm³/mol. The number of benzene rings is 3. The van der Waals surface area contributed by atoms with Crippen LogP contribution in [0, 0.1) is 13.8 Å². The van der Waals surface area contributed by atoms with E-state index in [1.54, 1.807) is 19.2 Å². The van der Waals surface area contributed by atoms with Crippen molar-refractivity contribution in [2.45, 2.75) is 13.8 Å². The van der Waals surface area contributed by atoms with E-state index < -0.39 is 0 Å². The molecule has 0 saturated heterocycles. The molecular formula is C26H27N3O4. The Labute approximate surface area is 192 Å². The topological polar surface area (TPSA) is 85.5 Å². The first kappa shape index (κ1) is 22.2. The lowest BCUT2D eigenvalue weighted by atomic mass is 10.0. The van der Waals surface area contributed by atoms with Crippen molar-refractivity contribution in [3.63, 3.8) is 0 Å². The molecule has 1 heterocycles. The minimum atomic E-state index is -0.267. The molecule has 0 atom stereocenters. The van der Waals surface area contributed by atoms with Crippen molar-refractivity contribution >= 4 is 16.6 Å². The molecule has 0 aliphatic rings. The monoisotopic (exact) mass is 445 g/mol. The van der Waals surface area contributed by atoms with Crippen LogP contribution in [-0.2, 0) is 0 Å². The second kappa shape index (κ2) is 9.65. The number of methoxy groups -OCH3 is 2. The van der Waals surface area contributed by atoms with Crippen LogP contribution in [0.25, 0.3) is 22.3 Å². The van der Waals surface area contributed by atoms with Crippen molar-refractivity contribution in [1.29, 1.82) is 0 Å². The first-order chi connectivity index (χ1) is 16.0. The summed E-state index contributed by atoms with van der Waals surface area (Å²) in [6, 6.07) is 17.4. The van der Waals surface area contributed by atoms with Crippen molar-refractivity contribution in [1.82, 2.24) is 9.97 Å². The van der Waals surface area contributed by atoms with Gasteiger partial charge >= 0.3 is 0 Å². The largest absolute Gasteiger partial charge is 0.497 e. The number of aryl methyl sites for hydroxylation is 2. The molecule has 0 fully saturated rings. The number of aromatic nitrogens is 2. The zero-order valence-electron chi connectivity index (χ0n) is 19.2. The van der Waals surface area contributed by atoms with Gasteiger partial charge in [-0.2, -0.15) is 0 Å². The number of hydrogen-bond acceptors (Lipinski definition) is 6. The number of para-hydroxylation sites is 1. The van der Waals surface area contributed by atoms with Gasteiger partial charge in [0.15, 0.2) is 0 Å². The van der Waals surface area contributed by atoms with Gasteiger partial charge in [-0.25, -0.2) is 4.98 Å². The molecule has 7 heteroatoms. The Morgan fingerprint density at radius 2 is 1.70 bits per heavy atom. The van der Waals surface area contributed by atoms with Gasteiger partial charge in [-0.05, 0) is 49.2 Å². The van der Waals surface area contributed by atoms with Crippen molar-refractivity contribution in [2.24, 2.45) is 0 Å². The number of nitrogens with one attached hydrogen (secondary N) is 2. The van der Waals surface area contributed by atoms with Gasteiger partial charge < -0.3 is 24.5 Å². The quantitative estimate of drug-likeness (QED) is 0.382. The van der Waals surface area contributed by atoms with Crippen molar-refractivity contribution in [3.05, 3.63) is 76.1 Å². The maximum atomic E-state index is 12.8. The van der Waals surface area contributed by atoms with E-state index in [4.69, 9.17) is 14.2 Å². The first-order valence-electron chi connectivity index (χ1n) is 10.7. The van der Waals surface area contributed by atoms with Crippen LogP contribution in [0.2, 0.25) is 0 Å². The average molecular weight is 446 g/mol. The minimum absolute atomic E-state index is 0.267. The number of rotatable bonds is 8. The van der Waals surface area contributed by atoms with E-state index in [2.05, 4.69) is 15.3 Å². The summed E-state index contributed by atoms with van der Waals surface area (Å²) in [6.07, 6.45) is 0. The number of H-pyrrole nitrogens is 1. The summed E-state index contributed by atoms with van der Waals surface area (Å²) in [7, 11) is 3.08. The highest BCUT2D eigenvalue weighted by Crippen LogP contribution is 2.31. The molecule has 0 aliphatic carbocycles. The summed E-state index contributed by atoms with van der Waals surface area (Å²) in [5, 5.41) is 3.73. The summed E-state index contributed by atoms with van der Waals surface area (Å²) < 4.78 is 16.7. The molecule has 2 N–H and O–H groups in total. The normalized spacial score (nSPS) is 10.8. The van der Waals surface area contributed by atoms with Crippen LogP contribution < -0.4 is 25.1 Å². The summed E-state index contributed by atoms with van der Waals surface area (Å²) in [6.45, 7) is 5.19. The third kappa shape index (κ3) is 4.77. The molecule has 0 unspecified atom stereocenters. The van der Waals surface area contributed by atoms with Crippen LogP contribution in [0.15, 0.2) is 59.4 Å². The Bertz CT molecular complexity index is 1310. The smallest absolute Gasteiger partial charge is 0.262 e. The fraction of sp³-hybridized carbons (Fsp3) is 0.231. The Balaban J connectivity index is 1.59. The van der Waals surface area contributed by atoms with E-state index in [1.165, 1.54) is 7.11 Å². The summed E-state index contributed by atoms with van der Waals surface area (Å²) >= 11 is 0. The molecule has 7 nitrogen and oxygen atoms in total. The van der Waals surface area contributed by atoms with Crippen LogP contribution in [0.5, 0.6) is 17.2 Å². The number of anilines is 1. The van der Waals surface area contributed by atoms with Gasteiger partial charge in [-0.3, -0.25) is 4.79 Å². The van der Waals surface area contributed by atoms with Crippen LogP contribution in [-0.4, -0.2) is 37.3 Å². The molecule has 3 aromatic carbocycles. The molecule has 33 heavy (non-hydrogen) atoms. The molecule has 4 rings (SSSR count).